The van der Waals surface area contributed by atoms with Crippen LogP contribution in [0.4, 0.5) is 4.39 Å². The Balaban J connectivity index is 1.50. The summed E-state index contributed by atoms with van der Waals surface area (Å²) >= 11 is 0. The third-order valence-corrected chi connectivity index (χ3v) is 4.46. The Morgan fingerprint density at radius 2 is 1.68 bits per heavy atom. The van der Waals surface area contributed by atoms with Gasteiger partial charge in [0.1, 0.15) is 29.2 Å². The smallest absolute Gasteiger partial charge is 0.336 e. The van der Waals surface area contributed by atoms with E-state index in [1.165, 1.54) is 48.7 Å². The van der Waals surface area contributed by atoms with Crippen molar-refractivity contribution in [3.8, 4) is 17.2 Å². The minimum atomic E-state index is -0.620. The molecule has 0 saturated heterocycles. The fourth-order valence-corrected chi connectivity index (χ4v) is 2.85. The van der Waals surface area contributed by atoms with Crippen LogP contribution < -0.4 is 14.9 Å². The van der Waals surface area contributed by atoms with E-state index in [0.717, 1.165) is 5.56 Å². The highest BCUT2D eigenvalue weighted by Crippen LogP contribution is 2.24. The Hall–Kier alpha value is -4.19. The van der Waals surface area contributed by atoms with Crippen LogP contribution in [0, 0.1) is 12.7 Å². The van der Waals surface area contributed by atoms with E-state index < -0.39 is 5.97 Å². The van der Waals surface area contributed by atoms with E-state index in [4.69, 9.17) is 13.9 Å². The van der Waals surface area contributed by atoms with Crippen LogP contribution in [0.1, 0.15) is 11.1 Å². The maximum Gasteiger partial charge on any atom is 0.336 e. The van der Waals surface area contributed by atoms with Gasteiger partial charge in [-0.05, 0) is 55.0 Å². The monoisotopic (exact) mass is 416 g/mol. The third-order valence-electron chi connectivity index (χ3n) is 4.46. The molecule has 4 aromatic rings. The molecule has 0 fully saturated rings. The van der Waals surface area contributed by atoms with Crippen LogP contribution in [0.25, 0.3) is 17.0 Å². The summed E-state index contributed by atoms with van der Waals surface area (Å²) in [7, 11) is 0. The highest BCUT2D eigenvalue weighted by molar-refractivity contribution is 5.89. The molecular weight excluding hydrogens is 399 g/mol. The molecule has 5 nitrogen and oxygen atoms in total. The van der Waals surface area contributed by atoms with Crippen molar-refractivity contribution in [1.29, 1.82) is 0 Å². The number of esters is 1. The number of benzene rings is 3. The number of hydrogen-bond donors (Lipinski definition) is 0. The van der Waals surface area contributed by atoms with Crippen LogP contribution in [0.3, 0.4) is 0 Å². The van der Waals surface area contributed by atoms with Crippen molar-refractivity contribution in [2.45, 2.75) is 6.92 Å². The van der Waals surface area contributed by atoms with Crippen LogP contribution in [0.5, 0.6) is 17.2 Å². The van der Waals surface area contributed by atoms with Crippen molar-refractivity contribution in [2.75, 3.05) is 0 Å². The van der Waals surface area contributed by atoms with Crippen LogP contribution in [0.2, 0.25) is 0 Å². The van der Waals surface area contributed by atoms with Crippen LogP contribution in [-0.2, 0) is 4.79 Å². The standard InChI is InChI=1S/C25H17FO5/c1-16-2-9-19(10-3-16)30-23-15-29-22-14-20(11-12-21(22)25(23)28)31-24(27)13-6-17-4-7-18(26)8-5-17/h2-15H,1H3. The number of carbonyl (C=O) groups excluding carboxylic acids is 1. The first-order valence-corrected chi connectivity index (χ1v) is 9.43. The van der Waals surface area contributed by atoms with Gasteiger partial charge in [-0.3, -0.25) is 4.79 Å². The average molecular weight is 416 g/mol. The number of halogens is 1. The molecule has 0 aliphatic carbocycles. The topological polar surface area (TPSA) is 65.7 Å². The van der Waals surface area contributed by atoms with Gasteiger partial charge >= 0.3 is 5.97 Å². The Morgan fingerprint density at radius 1 is 0.968 bits per heavy atom. The van der Waals surface area contributed by atoms with Crippen molar-refractivity contribution < 1.29 is 23.1 Å². The van der Waals surface area contributed by atoms with Gasteiger partial charge in [0.15, 0.2) is 0 Å². The molecule has 3 aromatic carbocycles. The lowest BCUT2D eigenvalue weighted by molar-refractivity contribution is -0.128. The molecule has 0 bridgehead atoms. The number of fused-ring (bicyclic) bond motifs is 1. The summed E-state index contributed by atoms with van der Waals surface area (Å²) in [5, 5.41) is 0.297. The molecular formula is C25H17FO5. The molecule has 0 aliphatic rings. The zero-order chi connectivity index (χ0) is 21.8. The first-order valence-electron chi connectivity index (χ1n) is 9.43. The summed E-state index contributed by atoms with van der Waals surface area (Å²) in [6, 6.07) is 17.4. The lowest BCUT2D eigenvalue weighted by Gasteiger charge is -2.07. The zero-order valence-electron chi connectivity index (χ0n) is 16.5. The molecule has 6 heteroatoms. The quantitative estimate of drug-likeness (QED) is 0.239. The van der Waals surface area contributed by atoms with Gasteiger partial charge in [-0.2, -0.15) is 0 Å². The number of ether oxygens (including phenoxy) is 2. The SMILES string of the molecule is Cc1ccc(Oc2coc3cc(OC(=O)C=Cc4ccc(F)cc4)ccc3c2=O)cc1. The Morgan fingerprint density at radius 3 is 2.42 bits per heavy atom. The van der Waals surface area contributed by atoms with Gasteiger partial charge < -0.3 is 13.9 Å². The number of hydrogen-bond acceptors (Lipinski definition) is 5. The van der Waals surface area contributed by atoms with Gasteiger partial charge in [0, 0.05) is 12.1 Å². The van der Waals surface area contributed by atoms with Crippen molar-refractivity contribution in [2.24, 2.45) is 0 Å². The lowest BCUT2D eigenvalue weighted by atomic mass is 10.2. The van der Waals surface area contributed by atoms with Crippen molar-refractivity contribution in [1.82, 2.24) is 0 Å². The van der Waals surface area contributed by atoms with Crippen molar-refractivity contribution >= 4 is 23.0 Å². The number of aryl methyl sites for hydroxylation is 1. The lowest BCUT2D eigenvalue weighted by Crippen LogP contribution is -2.06. The molecule has 31 heavy (non-hydrogen) atoms. The molecule has 0 amide bonds. The molecule has 0 radical (unpaired) electrons. The van der Waals surface area contributed by atoms with E-state index in [1.807, 2.05) is 19.1 Å². The summed E-state index contributed by atoms with van der Waals surface area (Å²) < 4.78 is 29.3. The van der Waals surface area contributed by atoms with Gasteiger partial charge in [-0.15, -0.1) is 0 Å². The van der Waals surface area contributed by atoms with Crippen LogP contribution in [-0.4, -0.2) is 5.97 Å². The summed E-state index contributed by atoms with van der Waals surface area (Å²) in [4.78, 5) is 24.7. The van der Waals surface area contributed by atoms with E-state index in [1.54, 1.807) is 24.3 Å². The van der Waals surface area contributed by atoms with Gasteiger partial charge in [-0.25, -0.2) is 9.18 Å². The minimum Gasteiger partial charge on any atom is -0.460 e. The summed E-state index contributed by atoms with van der Waals surface area (Å²) in [6.45, 7) is 1.96. The fourth-order valence-electron chi connectivity index (χ4n) is 2.85. The zero-order valence-corrected chi connectivity index (χ0v) is 16.5. The molecule has 0 aliphatic heterocycles. The predicted octanol–water partition coefficient (Wildman–Crippen LogP) is 5.65. The molecule has 4 rings (SSSR count). The van der Waals surface area contributed by atoms with Crippen LogP contribution in [0.15, 0.2) is 88.3 Å². The first-order chi connectivity index (χ1) is 15.0. The molecule has 1 heterocycles. The van der Waals surface area contributed by atoms with Crippen LogP contribution >= 0.6 is 0 Å². The minimum absolute atomic E-state index is 0.0586. The molecule has 0 atom stereocenters. The summed E-state index contributed by atoms with van der Waals surface area (Å²) in [6.07, 6.45) is 3.97. The highest BCUT2D eigenvalue weighted by atomic mass is 19.1. The van der Waals surface area contributed by atoms with Gasteiger partial charge in [-0.1, -0.05) is 29.8 Å². The Bertz CT molecular complexity index is 1320. The normalized spacial score (nSPS) is 11.0. The van der Waals surface area contributed by atoms with Gasteiger partial charge in [0.25, 0.3) is 0 Å². The van der Waals surface area contributed by atoms with Gasteiger partial charge in [0.05, 0.1) is 5.39 Å². The van der Waals surface area contributed by atoms with Crippen molar-refractivity contribution in [3.63, 3.8) is 0 Å². The molecule has 0 N–H and O–H groups in total. The molecule has 1 aromatic heterocycles. The predicted molar refractivity (Wildman–Crippen MR) is 115 cm³/mol. The number of carbonyl (C=O) groups is 1. The highest BCUT2D eigenvalue weighted by Gasteiger charge is 2.11. The third kappa shape index (κ3) is 4.87. The first kappa shape index (κ1) is 20.1. The molecule has 154 valence electrons. The maximum atomic E-state index is 12.9. The van der Waals surface area contributed by atoms with E-state index in [-0.39, 0.29) is 28.3 Å². The Labute approximate surface area is 177 Å². The van der Waals surface area contributed by atoms with E-state index in [9.17, 15) is 14.0 Å². The van der Waals surface area contributed by atoms with E-state index in [0.29, 0.717) is 16.7 Å². The summed E-state index contributed by atoms with van der Waals surface area (Å²) in [5.41, 5.74) is 1.65. The number of rotatable bonds is 5. The molecule has 0 unspecified atom stereocenters. The summed E-state index contributed by atoms with van der Waals surface area (Å²) in [5.74, 6) is -0.175. The van der Waals surface area contributed by atoms with Gasteiger partial charge in [0.2, 0.25) is 11.2 Å². The van der Waals surface area contributed by atoms with E-state index in [2.05, 4.69) is 0 Å². The van der Waals surface area contributed by atoms with Crippen molar-refractivity contribution in [3.05, 3.63) is 106 Å². The second kappa shape index (κ2) is 8.67. The largest absolute Gasteiger partial charge is 0.460 e. The fraction of sp³-hybridized carbons (Fsp3) is 0.0400. The molecule has 0 saturated carbocycles. The molecule has 0 spiro atoms. The average Bonchev–Trinajstić information content (AvgIpc) is 2.77. The Kier molecular flexibility index (Phi) is 5.62. The van der Waals surface area contributed by atoms with E-state index >= 15 is 0 Å². The second-order valence-electron chi connectivity index (χ2n) is 6.81. The maximum absolute atomic E-state index is 12.9. The second-order valence-corrected chi connectivity index (χ2v) is 6.81.